The van der Waals surface area contributed by atoms with Crippen LogP contribution in [0.5, 0.6) is 0 Å². The third-order valence-electron chi connectivity index (χ3n) is 4.72. The molecule has 1 saturated heterocycles. The zero-order valence-electron chi connectivity index (χ0n) is 15.7. The van der Waals surface area contributed by atoms with Gasteiger partial charge in [-0.15, -0.1) is 0 Å². The predicted octanol–water partition coefficient (Wildman–Crippen LogP) is 1.04. The molecule has 0 saturated carbocycles. The number of aryl methyl sites for hydroxylation is 2. The number of anilines is 1. The molecule has 1 heterocycles. The first-order valence-electron chi connectivity index (χ1n) is 8.93. The summed E-state index contributed by atoms with van der Waals surface area (Å²) in [7, 11) is 1.71. The molecule has 1 aromatic rings. The monoisotopic (exact) mass is 360 g/mol. The smallest absolute Gasteiger partial charge is 0.240 e. The van der Waals surface area contributed by atoms with Crippen LogP contribution >= 0.6 is 0 Å². The van der Waals surface area contributed by atoms with Crippen molar-refractivity contribution in [3.05, 3.63) is 29.3 Å². The van der Waals surface area contributed by atoms with Gasteiger partial charge < -0.3 is 16.0 Å². The number of amides is 3. The lowest BCUT2D eigenvalue weighted by Crippen LogP contribution is -2.53. The van der Waals surface area contributed by atoms with Crippen LogP contribution in [-0.4, -0.2) is 60.2 Å². The Morgan fingerprint density at radius 2 is 1.85 bits per heavy atom. The number of nitrogens with one attached hydrogen (secondary N) is 1. The maximum Gasteiger partial charge on any atom is 0.240 e. The van der Waals surface area contributed by atoms with E-state index in [9.17, 15) is 14.4 Å². The summed E-state index contributed by atoms with van der Waals surface area (Å²) in [6.45, 7) is 4.58. The average Bonchev–Trinajstić information content (AvgIpc) is 2.58. The molecule has 7 nitrogen and oxygen atoms in total. The molecule has 0 spiro atoms. The SMILES string of the molecule is Cc1cccc(C)c1NC(=O)CN(C)CC(=O)N1CCCC[C@@H]1C(N)=O. The number of carbonyl (C=O) groups is 3. The van der Waals surface area contributed by atoms with Crippen LogP contribution in [0.3, 0.4) is 0 Å². The molecule has 7 heteroatoms. The second-order valence-corrected chi connectivity index (χ2v) is 6.99. The normalized spacial score (nSPS) is 17.2. The van der Waals surface area contributed by atoms with E-state index in [0.717, 1.165) is 29.7 Å². The zero-order valence-corrected chi connectivity index (χ0v) is 15.7. The van der Waals surface area contributed by atoms with Gasteiger partial charge in [-0.1, -0.05) is 18.2 Å². The fourth-order valence-corrected chi connectivity index (χ4v) is 3.34. The number of likely N-dealkylation sites (tertiary alicyclic amines) is 1. The van der Waals surface area contributed by atoms with Crippen LogP contribution in [0.25, 0.3) is 0 Å². The Kier molecular flexibility index (Phi) is 6.74. The Morgan fingerprint density at radius 1 is 1.19 bits per heavy atom. The van der Waals surface area contributed by atoms with E-state index in [1.54, 1.807) is 16.8 Å². The van der Waals surface area contributed by atoms with Gasteiger partial charge in [-0.2, -0.15) is 0 Å². The zero-order chi connectivity index (χ0) is 19.3. The summed E-state index contributed by atoms with van der Waals surface area (Å²) >= 11 is 0. The summed E-state index contributed by atoms with van der Waals surface area (Å²) in [6.07, 6.45) is 2.37. The minimum absolute atomic E-state index is 0.0734. The molecule has 0 unspecified atom stereocenters. The minimum Gasteiger partial charge on any atom is -0.368 e. The highest BCUT2D eigenvalue weighted by Crippen LogP contribution is 2.19. The van der Waals surface area contributed by atoms with Gasteiger partial charge in [-0.25, -0.2) is 0 Å². The Hall–Kier alpha value is -2.41. The number of hydrogen-bond acceptors (Lipinski definition) is 4. The lowest BCUT2D eigenvalue weighted by Gasteiger charge is -2.34. The van der Waals surface area contributed by atoms with Crippen molar-refractivity contribution in [2.24, 2.45) is 5.73 Å². The van der Waals surface area contributed by atoms with Gasteiger partial charge in [-0.05, 0) is 51.3 Å². The fourth-order valence-electron chi connectivity index (χ4n) is 3.34. The minimum atomic E-state index is -0.534. The van der Waals surface area contributed by atoms with Crippen LogP contribution in [0, 0.1) is 13.8 Å². The number of rotatable bonds is 6. The van der Waals surface area contributed by atoms with Crippen molar-refractivity contribution >= 4 is 23.4 Å². The molecule has 2 rings (SSSR count). The van der Waals surface area contributed by atoms with Crippen molar-refractivity contribution < 1.29 is 14.4 Å². The number of primary amides is 1. The number of piperidine rings is 1. The molecule has 1 aromatic carbocycles. The first kappa shape index (κ1) is 19.9. The first-order chi connectivity index (χ1) is 12.3. The van der Waals surface area contributed by atoms with E-state index in [2.05, 4.69) is 5.32 Å². The van der Waals surface area contributed by atoms with Crippen molar-refractivity contribution in [1.29, 1.82) is 0 Å². The molecule has 1 aliphatic rings. The van der Waals surface area contributed by atoms with Crippen LogP contribution in [0.15, 0.2) is 18.2 Å². The molecule has 142 valence electrons. The standard InChI is InChI=1S/C19H28N4O3/c1-13-7-6-8-14(2)18(13)21-16(24)11-22(3)12-17(25)23-10-5-4-9-15(23)19(20)26/h6-8,15H,4-5,9-12H2,1-3H3,(H2,20,26)(H,21,24)/t15-/m1/s1. The molecule has 0 bridgehead atoms. The maximum atomic E-state index is 12.5. The summed E-state index contributed by atoms with van der Waals surface area (Å²) in [5, 5.41) is 2.91. The van der Waals surface area contributed by atoms with Crippen molar-refractivity contribution in [2.75, 3.05) is 32.0 Å². The van der Waals surface area contributed by atoms with E-state index in [-0.39, 0.29) is 24.9 Å². The quantitative estimate of drug-likeness (QED) is 0.792. The molecule has 0 radical (unpaired) electrons. The number of nitrogens with zero attached hydrogens (tertiary/aromatic N) is 2. The summed E-state index contributed by atoms with van der Waals surface area (Å²) < 4.78 is 0. The van der Waals surface area contributed by atoms with Crippen LogP contribution in [0.2, 0.25) is 0 Å². The van der Waals surface area contributed by atoms with Gasteiger partial charge in [0, 0.05) is 12.2 Å². The van der Waals surface area contributed by atoms with Crippen LogP contribution in [0.1, 0.15) is 30.4 Å². The fraction of sp³-hybridized carbons (Fsp3) is 0.526. The Morgan fingerprint density at radius 3 is 2.46 bits per heavy atom. The van der Waals surface area contributed by atoms with Gasteiger partial charge in [0.25, 0.3) is 0 Å². The van der Waals surface area contributed by atoms with E-state index >= 15 is 0 Å². The van der Waals surface area contributed by atoms with Gasteiger partial charge >= 0.3 is 0 Å². The highest BCUT2D eigenvalue weighted by molar-refractivity contribution is 5.94. The largest absolute Gasteiger partial charge is 0.368 e. The molecule has 1 aliphatic heterocycles. The third-order valence-corrected chi connectivity index (χ3v) is 4.72. The van der Waals surface area contributed by atoms with Gasteiger partial charge in [0.2, 0.25) is 17.7 Å². The number of benzene rings is 1. The Balaban J connectivity index is 1.91. The molecule has 0 aliphatic carbocycles. The number of hydrogen-bond donors (Lipinski definition) is 2. The highest BCUT2D eigenvalue weighted by atomic mass is 16.2. The maximum absolute atomic E-state index is 12.5. The Bertz CT molecular complexity index is 669. The second kappa shape index (κ2) is 8.80. The van der Waals surface area contributed by atoms with Crippen molar-refractivity contribution in [3.8, 4) is 0 Å². The number of likely N-dealkylation sites (N-methyl/N-ethyl adjacent to an activating group) is 1. The van der Waals surface area contributed by atoms with Gasteiger partial charge in [0.05, 0.1) is 13.1 Å². The van der Waals surface area contributed by atoms with E-state index in [1.165, 1.54) is 0 Å². The third kappa shape index (κ3) is 5.05. The highest BCUT2D eigenvalue weighted by Gasteiger charge is 2.31. The molecule has 1 atom stereocenters. The number of para-hydroxylation sites is 1. The lowest BCUT2D eigenvalue weighted by molar-refractivity contribution is -0.141. The van der Waals surface area contributed by atoms with Gasteiger partial charge in [-0.3, -0.25) is 19.3 Å². The molecule has 3 amide bonds. The van der Waals surface area contributed by atoms with E-state index in [4.69, 9.17) is 5.73 Å². The van der Waals surface area contributed by atoms with Crippen molar-refractivity contribution in [3.63, 3.8) is 0 Å². The second-order valence-electron chi connectivity index (χ2n) is 6.99. The van der Waals surface area contributed by atoms with E-state index in [1.807, 2.05) is 32.0 Å². The van der Waals surface area contributed by atoms with Crippen LogP contribution in [0.4, 0.5) is 5.69 Å². The summed E-state index contributed by atoms with van der Waals surface area (Å²) in [5.74, 6) is -0.813. The Labute approximate surface area is 154 Å². The summed E-state index contributed by atoms with van der Waals surface area (Å²) in [6, 6.07) is 5.29. The topological polar surface area (TPSA) is 95.7 Å². The van der Waals surface area contributed by atoms with Crippen molar-refractivity contribution in [1.82, 2.24) is 9.80 Å². The van der Waals surface area contributed by atoms with Gasteiger partial charge in [0.1, 0.15) is 6.04 Å². The van der Waals surface area contributed by atoms with E-state index < -0.39 is 11.9 Å². The lowest BCUT2D eigenvalue weighted by atomic mass is 10.0. The predicted molar refractivity (Wildman–Crippen MR) is 101 cm³/mol. The number of nitrogens with two attached hydrogens (primary N) is 1. The summed E-state index contributed by atoms with van der Waals surface area (Å²) in [5.41, 5.74) is 8.21. The molecule has 1 fully saturated rings. The van der Waals surface area contributed by atoms with E-state index in [0.29, 0.717) is 13.0 Å². The molecule has 26 heavy (non-hydrogen) atoms. The number of carbonyl (C=O) groups excluding carboxylic acids is 3. The molecule has 3 N–H and O–H groups in total. The summed E-state index contributed by atoms with van der Waals surface area (Å²) in [4.78, 5) is 39.6. The first-order valence-corrected chi connectivity index (χ1v) is 8.93. The average molecular weight is 360 g/mol. The molecular weight excluding hydrogens is 332 g/mol. The molecule has 0 aromatic heterocycles. The van der Waals surface area contributed by atoms with Crippen molar-refractivity contribution in [2.45, 2.75) is 39.2 Å². The van der Waals surface area contributed by atoms with Gasteiger partial charge in [0.15, 0.2) is 0 Å². The van der Waals surface area contributed by atoms with Crippen LogP contribution in [-0.2, 0) is 14.4 Å². The molecular formula is C19H28N4O3. The van der Waals surface area contributed by atoms with Crippen LogP contribution < -0.4 is 11.1 Å².